The van der Waals surface area contributed by atoms with Crippen LogP contribution in [0.3, 0.4) is 0 Å². The summed E-state index contributed by atoms with van der Waals surface area (Å²) in [4.78, 5) is 0. The number of ether oxygens (including phenoxy) is 2. The molecule has 5 nitrogen and oxygen atoms in total. The van der Waals surface area contributed by atoms with Crippen LogP contribution in [-0.2, 0) is 11.3 Å². The van der Waals surface area contributed by atoms with E-state index in [1.807, 2.05) is 13.8 Å². The van der Waals surface area contributed by atoms with Crippen LogP contribution in [0.25, 0.3) is 0 Å². The number of allylic oxidation sites excluding steroid dienone is 1. The van der Waals surface area contributed by atoms with Crippen LogP contribution in [0.2, 0.25) is 0 Å². The molecular weight excluding hydrogens is 242 g/mol. The van der Waals surface area contributed by atoms with Crippen molar-refractivity contribution in [2.45, 2.75) is 32.4 Å². The molecule has 0 saturated heterocycles. The van der Waals surface area contributed by atoms with Gasteiger partial charge in [0.05, 0.1) is 17.9 Å². The first-order chi connectivity index (χ1) is 8.95. The van der Waals surface area contributed by atoms with Crippen molar-refractivity contribution >= 4 is 5.69 Å². The first-order valence-electron chi connectivity index (χ1n) is 6.13. The lowest BCUT2D eigenvalue weighted by molar-refractivity contribution is 0.00486. The van der Waals surface area contributed by atoms with Gasteiger partial charge in [-0.3, -0.25) is 4.57 Å². The Balaban J connectivity index is 2.81. The van der Waals surface area contributed by atoms with Gasteiger partial charge in [0, 0.05) is 26.1 Å². The van der Waals surface area contributed by atoms with E-state index < -0.39 is 0 Å². The third kappa shape index (κ3) is 3.76. The third-order valence-corrected chi connectivity index (χ3v) is 3.00. The molecule has 5 heteroatoms. The maximum atomic E-state index is 9.04. The van der Waals surface area contributed by atoms with Crippen LogP contribution in [-0.4, -0.2) is 23.9 Å². The molecule has 0 bridgehead atoms. The summed E-state index contributed by atoms with van der Waals surface area (Å²) in [6, 6.07) is 3.70. The smallest absolute Gasteiger partial charge is 0.218 e. The number of hydrogen-bond acceptors (Lipinski definition) is 4. The minimum atomic E-state index is -0.247. The second kappa shape index (κ2) is 6.30. The fourth-order valence-corrected chi connectivity index (χ4v) is 1.61. The van der Waals surface area contributed by atoms with Crippen LogP contribution in [0.1, 0.15) is 26.0 Å². The Morgan fingerprint density at radius 2 is 2.26 bits per heavy atom. The van der Waals surface area contributed by atoms with Crippen LogP contribution < -0.4 is 10.5 Å². The molecule has 104 valence electrons. The summed E-state index contributed by atoms with van der Waals surface area (Å²) in [7, 11) is 1.67. The van der Waals surface area contributed by atoms with Crippen LogP contribution in [0.15, 0.2) is 18.7 Å². The van der Waals surface area contributed by atoms with Gasteiger partial charge >= 0.3 is 0 Å². The first-order valence-corrected chi connectivity index (χ1v) is 6.13. The Kier molecular flexibility index (Phi) is 5.02. The number of nitrogens with zero attached hydrogens (tertiary/aromatic N) is 2. The summed E-state index contributed by atoms with van der Waals surface area (Å²) in [5, 5.41) is 9.04. The zero-order valence-corrected chi connectivity index (χ0v) is 11.8. The second-order valence-electron chi connectivity index (χ2n) is 4.86. The fourth-order valence-electron chi connectivity index (χ4n) is 1.61. The van der Waals surface area contributed by atoms with Gasteiger partial charge < -0.3 is 15.2 Å². The Labute approximate surface area is 114 Å². The van der Waals surface area contributed by atoms with E-state index >= 15 is 0 Å². The molecule has 0 aliphatic rings. The third-order valence-electron chi connectivity index (χ3n) is 3.00. The molecular formula is C14H21N3O2. The Hall–Kier alpha value is -1.93. The van der Waals surface area contributed by atoms with E-state index in [2.05, 4.69) is 12.6 Å². The van der Waals surface area contributed by atoms with Crippen molar-refractivity contribution in [3.05, 3.63) is 24.4 Å². The molecule has 1 aromatic rings. The highest BCUT2D eigenvalue weighted by Gasteiger charge is 2.18. The molecule has 0 atom stereocenters. The van der Waals surface area contributed by atoms with Crippen molar-refractivity contribution in [3.8, 4) is 11.9 Å². The standard InChI is InChI=1S/C14H21N3O2/c1-5-7-17-11(10-15)9-12(16)13(17)19-8-6-14(2,3)18-4/h5,9H,1,6-8,16H2,2-4H3. The van der Waals surface area contributed by atoms with Crippen LogP contribution in [0.5, 0.6) is 5.88 Å². The molecule has 0 spiro atoms. The number of aromatic nitrogens is 1. The number of nitriles is 1. The van der Waals surface area contributed by atoms with E-state index in [-0.39, 0.29) is 5.60 Å². The van der Waals surface area contributed by atoms with E-state index in [0.717, 1.165) is 6.42 Å². The van der Waals surface area contributed by atoms with Crippen molar-refractivity contribution in [1.29, 1.82) is 5.26 Å². The van der Waals surface area contributed by atoms with Gasteiger partial charge in [-0.1, -0.05) is 6.08 Å². The maximum absolute atomic E-state index is 9.04. The highest BCUT2D eigenvalue weighted by atomic mass is 16.5. The van der Waals surface area contributed by atoms with Crippen molar-refractivity contribution in [2.24, 2.45) is 0 Å². The lowest BCUT2D eigenvalue weighted by atomic mass is 10.1. The monoisotopic (exact) mass is 263 g/mol. The highest BCUT2D eigenvalue weighted by Crippen LogP contribution is 2.27. The van der Waals surface area contributed by atoms with Gasteiger partial charge in [0.15, 0.2) is 0 Å². The van der Waals surface area contributed by atoms with E-state index in [1.165, 1.54) is 0 Å². The molecule has 0 aliphatic carbocycles. The Morgan fingerprint density at radius 3 is 2.79 bits per heavy atom. The molecule has 1 aromatic heterocycles. The SMILES string of the molecule is C=CCn1c(C#N)cc(N)c1OCCC(C)(C)OC. The van der Waals surface area contributed by atoms with Crippen molar-refractivity contribution in [1.82, 2.24) is 4.57 Å². The normalized spacial score (nSPS) is 11.1. The van der Waals surface area contributed by atoms with Crippen molar-refractivity contribution in [3.63, 3.8) is 0 Å². The predicted molar refractivity (Wildman–Crippen MR) is 75.0 cm³/mol. The summed E-state index contributed by atoms with van der Waals surface area (Å²) in [6.07, 6.45) is 2.43. The van der Waals surface area contributed by atoms with Gasteiger partial charge in [-0.05, 0) is 13.8 Å². The first kappa shape index (κ1) is 15.1. The van der Waals surface area contributed by atoms with Crippen LogP contribution in [0, 0.1) is 11.3 Å². The van der Waals surface area contributed by atoms with Crippen LogP contribution in [0.4, 0.5) is 5.69 Å². The Bertz CT molecular complexity index is 484. The van der Waals surface area contributed by atoms with Crippen molar-refractivity contribution < 1.29 is 9.47 Å². The number of hydrogen-bond donors (Lipinski definition) is 1. The quantitative estimate of drug-likeness (QED) is 0.766. The van der Waals surface area contributed by atoms with Crippen LogP contribution >= 0.6 is 0 Å². The zero-order chi connectivity index (χ0) is 14.5. The van der Waals surface area contributed by atoms with Gasteiger partial charge in [0.2, 0.25) is 5.88 Å². The number of methoxy groups -OCH3 is 1. The zero-order valence-electron chi connectivity index (χ0n) is 11.8. The molecule has 0 fully saturated rings. The maximum Gasteiger partial charge on any atom is 0.218 e. The number of rotatable bonds is 7. The average Bonchev–Trinajstić information content (AvgIpc) is 2.67. The number of nitrogen functional groups attached to an aromatic ring is 1. The molecule has 1 rings (SSSR count). The largest absolute Gasteiger partial charge is 0.477 e. The molecule has 2 N–H and O–H groups in total. The lowest BCUT2D eigenvalue weighted by Crippen LogP contribution is -2.25. The van der Waals surface area contributed by atoms with Gasteiger partial charge in [0.25, 0.3) is 0 Å². The van der Waals surface area contributed by atoms with E-state index in [4.69, 9.17) is 20.5 Å². The molecule has 1 heterocycles. The van der Waals surface area contributed by atoms with Gasteiger partial charge in [0.1, 0.15) is 11.8 Å². The molecule has 0 aromatic carbocycles. The number of nitrogens with two attached hydrogens (primary N) is 1. The predicted octanol–water partition coefficient (Wildman–Crippen LogP) is 2.32. The van der Waals surface area contributed by atoms with Crippen molar-refractivity contribution in [2.75, 3.05) is 19.5 Å². The minimum Gasteiger partial charge on any atom is -0.477 e. The summed E-state index contributed by atoms with van der Waals surface area (Å²) in [5.74, 6) is 0.517. The average molecular weight is 263 g/mol. The fraction of sp³-hybridized carbons (Fsp3) is 0.500. The summed E-state index contributed by atoms with van der Waals surface area (Å²) in [5.41, 5.74) is 6.56. The molecule has 0 radical (unpaired) electrons. The van der Waals surface area contributed by atoms with E-state index in [1.54, 1.807) is 23.8 Å². The molecule has 0 aliphatic heterocycles. The van der Waals surface area contributed by atoms with Gasteiger partial charge in [-0.25, -0.2) is 0 Å². The molecule has 19 heavy (non-hydrogen) atoms. The molecule has 0 unspecified atom stereocenters. The highest BCUT2D eigenvalue weighted by molar-refractivity contribution is 5.55. The number of anilines is 1. The minimum absolute atomic E-state index is 0.247. The van der Waals surface area contributed by atoms with E-state index in [9.17, 15) is 0 Å². The summed E-state index contributed by atoms with van der Waals surface area (Å²) < 4.78 is 12.7. The summed E-state index contributed by atoms with van der Waals surface area (Å²) >= 11 is 0. The Morgan fingerprint density at radius 1 is 1.58 bits per heavy atom. The summed E-state index contributed by atoms with van der Waals surface area (Å²) in [6.45, 7) is 8.61. The molecule has 0 saturated carbocycles. The second-order valence-corrected chi connectivity index (χ2v) is 4.86. The van der Waals surface area contributed by atoms with E-state index in [0.29, 0.717) is 30.4 Å². The van der Waals surface area contributed by atoms with Gasteiger partial charge in [-0.2, -0.15) is 5.26 Å². The van der Waals surface area contributed by atoms with Gasteiger partial charge in [-0.15, -0.1) is 6.58 Å². The topological polar surface area (TPSA) is 73.2 Å². The lowest BCUT2D eigenvalue weighted by Gasteiger charge is -2.23. The molecule has 0 amide bonds.